The molecule has 2 aliphatic rings. The molecule has 0 aromatic heterocycles. The Morgan fingerprint density at radius 1 is 1.25 bits per heavy atom. The van der Waals surface area contributed by atoms with E-state index in [2.05, 4.69) is 41.4 Å². The number of rotatable bonds is 6. The van der Waals surface area contributed by atoms with Crippen molar-refractivity contribution in [2.75, 3.05) is 38.6 Å². The van der Waals surface area contributed by atoms with Gasteiger partial charge in [0.1, 0.15) is 0 Å². The molecule has 1 atom stereocenters. The molecule has 1 aromatic rings. The third kappa shape index (κ3) is 5.50. The highest BCUT2D eigenvalue weighted by atomic mass is 32.2. The molecule has 1 amide bonds. The van der Waals surface area contributed by atoms with Gasteiger partial charge in [-0.3, -0.25) is 4.79 Å². The van der Waals surface area contributed by atoms with E-state index in [4.69, 9.17) is 4.74 Å². The fourth-order valence-electron chi connectivity index (χ4n) is 3.41. The molecule has 2 aliphatic heterocycles. The lowest BCUT2D eigenvalue weighted by Gasteiger charge is -2.33. The Balaban J connectivity index is 1.33. The average molecular weight is 349 g/mol. The van der Waals surface area contributed by atoms with Crippen molar-refractivity contribution < 1.29 is 9.53 Å². The van der Waals surface area contributed by atoms with Crippen LogP contribution in [0.4, 0.5) is 0 Å². The molecule has 1 N–H and O–H groups in total. The van der Waals surface area contributed by atoms with E-state index in [1.54, 1.807) is 11.8 Å². The Labute approximate surface area is 149 Å². The number of hydrogen-bond donors (Lipinski definition) is 1. The minimum absolute atomic E-state index is 0.156. The first kappa shape index (κ1) is 17.8. The molecule has 0 aliphatic carbocycles. The molecule has 2 saturated heterocycles. The van der Waals surface area contributed by atoms with Gasteiger partial charge in [-0.1, -0.05) is 17.7 Å². The highest BCUT2D eigenvalue weighted by Crippen LogP contribution is 2.19. The van der Waals surface area contributed by atoms with Crippen molar-refractivity contribution in [1.82, 2.24) is 10.2 Å². The fourth-order valence-corrected chi connectivity index (χ4v) is 4.11. The molecule has 2 fully saturated rings. The molecule has 5 heteroatoms. The van der Waals surface area contributed by atoms with E-state index in [-0.39, 0.29) is 5.91 Å². The predicted octanol–water partition coefficient (Wildman–Crippen LogP) is 2.70. The molecule has 0 bridgehead atoms. The van der Waals surface area contributed by atoms with Crippen LogP contribution >= 0.6 is 11.8 Å². The quantitative estimate of drug-likeness (QED) is 0.803. The van der Waals surface area contributed by atoms with Gasteiger partial charge in [0.2, 0.25) is 5.91 Å². The Bertz CT molecular complexity index is 521. The number of carbonyl (C=O) groups excluding carboxylic acids is 1. The van der Waals surface area contributed by atoms with Gasteiger partial charge in [0.25, 0.3) is 0 Å². The number of ether oxygens (including phenoxy) is 1. The highest BCUT2D eigenvalue weighted by molar-refractivity contribution is 8.00. The molecule has 132 valence electrons. The van der Waals surface area contributed by atoms with Crippen molar-refractivity contribution in [2.45, 2.75) is 37.1 Å². The lowest BCUT2D eigenvalue weighted by atomic mass is 10.0. The molecule has 0 spiro atoms. The maximum atomic E-state index is 12.1. The molecule has 2 heterocycles. The first-order chi connectivity index (χ1) is 11.7. The zero-order valence-electron chi connectivity index (χ0n) is 14.5. The number of piperidine rings is 1. The number of amides is 1. The zero-order chi connectivity index (χ0) is 16.8. The summed E-state index contributed by atoms with van der Waals surface area (Å²) in [5.41, 5.74) is 1.25. The maximum absolute atomic E-state index is 12.1. The SMILES string of the molecule is Cc1ccc(SCC(=O)NC2CCN(CC3CCOC3)CC2)cc1. The van der Waals surface area contributed by atoms with Gasteiger partial charge in [-0.15, -0.1) is 11.8 Å². The second-order valence-electron chi connectivity index (χ2n) is 6.97. The third-order valence-corrected chi connectivity index (χ3v) is 5.90. The number of benzene rings is 1. The zero-order valence-corrected chi connectivity index (χ0v) is 15.3. The average Bonchev–Trinajstić information content (AvgIpc) is 3.09. The summed E-state index contributed by atoms with van der Waals surface area (Å²) in [6.07, 6.45) is 3.33. The summed E-state index contributed by atoms with van der Waals surface area (Å²) in [5, 5.41) is 3.20. The lowest BCUT2D eigenvalue weighted by Crippen LogP contribution is -2.46. The number of nitrogens with one attached hydrogen (secondary N) is 1. The Morgan fingerprint density at radius 3 is 2.67 bits per heavy atom. The van der Waals surface area contributed by atoms with Gasteiger partial charge >= 0.3 is 0 Å². The molecular weight excluding hydrogens is 320 g/mol. The number of nitrogens with zero attached hydrogens (tertiary/aromatic N) is 1. The van der Waals surface area contributed by atoms with Crippen LogP contribution in [0, 0.1) is 12.8 Å². The van der Waals surface area contributed by atoms with Gasteiger partial charge in [0.15, 0.2) is 0 Å². The predicted molar refractivity (Wildman–Crippen MR) is 98.4 cm³/mol. The molecule has 4 nitrogen and oxygen atoms in total. The van der Waals surface area contributed by atoms with Crippen LogP contribution in [0.15, 0.2) is 29.2 Å². The second-order valence-corrected chi connectivity index (χ2v) is 8.02. The van der Waals surface area contributed by atoms with Crippen molar-refractivity contribution in [3.63, 3.8) is 0 Å². The molecule has 1 aromatic carbocycles. The van der Waals surface area contributed by atoms with Crippen molar-refractivity contribution >= 4 is 17.7 Å². The number of carbonyl (C=O) groups is 1. The number of hydrogen-bond acceptors (Lipinski definition) is 4. The minimum atomic E-state index is 0.156. The maximum Gasteiger partial charge on any atom is 0.230 e. The Morgan fingerprint density at radius 2 is 2.00 bits per heavy atom. The summed E-state index contributed by atoms with van der Waals surface area (Å²) < 4.78 is 5.46. The largest absolute Gasteiger partial charge is 0.381 e. The first-order valence-electron chi connectivity index (χ1n) is 8.98. The monoisotopic (exact) mass is 348 g/mol. The highest BCUT2D eigenvalue weighted by Gasteiger charge is 2.24. The fraction of sp³-hybridized carbons (Fsp3) is 0.632. The first-order valence-corrected chi connectivity index (χ1v) is 9.96. The second kappa shape index (κ2) is 8.88. The summed E-state index contributed by atoms with van der Waals surface area (Å²) in [7, 11) is 0. The van der Waals surface area contributed by atoms with E-state index in [1.165, 1.54) is 12.0 Å². The van der Waals surface area contributed by atoms with E-state index in [0.29, 0.717) is 17.7 Å². The van der Waals surface area contributed by atoms with E-state index >= 15 is 0 Å². The van der Waals surface area contributed by atoms with Crippen LogP contribution in [0.2, 0.25) is 0 Å². The smallest absolute Gasteiger partial charge is 0.230 e. The topological polar surface area (TPSA) is 41.6 Å². The summed E-state index contributed by atoms with van der Waals surface area (Å²) in [5.74, 6) is 1.37. The third-order valence-electron chi connectivity index (χ3n) is 4.88. The lowest BCUT2D eigenvalue weighted by molar-refractivity contribution is -0.119. The van der Waals surface area contributed by atoms with E-state index < -0.39 is 0 Å². The molecule has 0 saturated carbocycles. The molecular formula is C19H28N2O2S. The minimum Gasteiger partial charge on any atom is -0.381 e. The van der Waals surface area contributed by atoms with Crippen molar-refractivity contribution in [3.05, 3.63) is 29.8 Å². The van der Waals surface area contributed by atoms with Crippen LogP contribution in [0.5, 0.6) is 0 Å². The normalized spacial score (nSPS) is 22.6. The summed E-state index contributed by atoms with van der Waals surface area (Å²) in [6, 6.07) is 8.68. The number of likely N-dealkylation sites (tertiary alicyclic amines) is 1. The van der Waals surface area contributed by atoms with Gasteiger partial charge < -0.3 is 15.0 Å². The van der Waals surface area contributed by atoms with Gasteiger partial charge in [-0.05, 0) is 44.2 Å². The summed E-state index contributed by atoms with van der Waals surface area (Å²) in [4.78, 5) is 15.8. The van der Waals surface area contributed by atoms with Crippen LogP contribution in [0.25, 0.3) is 0 Å². The Kier molecular flexibility index (Phi) is 6.58. The van der Waals surface area contributed by atoms with E-state index in [9.17, 15) is 4.79 Å². The molecule has 3 rings (SSSR count). The molecule has 0 radical (unpaired) electrons. The van der Waals surface area contributed by atoms with Crippen molar-refractivity contribution in [2.24, 2.45) is 5.92 Å². The van der Waals surface area contributed by atoms with E-state index in [1.807, 2.05) is 0 Å². The van der Waals surface area contributed by atoms with Crippen molar-refractivity contribution in [1.29, 1.82) is 0 Å². The molecule has 24 heavy (non-hydrogen) atoms. The van der Waals surface area contributed by atoms with Gasteiger partial charge in [0.05, 0.1) is 12.4 Å². The summed E-state index contributed by atoms with van der Waals surface area (Å²) in [6.45, 7) is 7.26. The van der Waals surface area contributed by atoms with E-state index in [0.717, 1.165) is 50.6 Å². The van der Waals surface area contributed by atoms with Gasteiger partial charge in [-0.2, -0.15) is 0 Å². The summed E-state index contributed by atoms with van der Waals surface area (Å²) >= 11 is 1.61. The molecule has 1 unspecified atom stereocenters. The van der Waals surface area contributed by atoms with Crippen LogP contribution in [-0.2, 0) is 9.53 Å². The van der Waals surface area contributed by atoms with Crippen LogP contribution in [0.3, 0.4) is 0 Å². The number of thioether (sulfide) groups is 1. The number of aryl methyl sites for hydroxylation is 1. The van der Waals surface area contributed by atoms with Gasteiger partial charge in [0, 0.05) is 37.2 Å². The van der Waals surface area contributed by atoms with Crippen LogP contribution in [0.1, 0.15) is 24.8 Å². The van der Waals surface area contributed by atoms with Gasteiger partial charge in [-0.25, -0.2) is 0 Å². The Hall–Kier alpha value is -1.04. The standard InChI is InChI=1S/C19H28N2O2S/c1-15-2-4-18(5-3-15)24-14-19(22)20-17-6-9-21(10-7-17)12-16-8-11-23-13-16/h2-5,16-17H,6-14H2,1H3,(H,20,22). The van der Waals surface area contributed by atoms with Crippen LogP contribution in [-0.4, -0.2) is 55.4 Å². The van der Waals surface area contributed by atoms with Crippen LogP contribution < -0.4 is 5.32 Å². The van der Waals surface area contributed by atoms with Crippen molar-refractivity contribution in [3.8, 4) is 0 Å².